The summed E-state index contributed by atoms with van der Waals surface area (Å²) in [6.45, 7) is 0.944. The van der Waals surface area contributed by atoms with Gasteiger partial charge in [-0.2, -0.15) is 5.10 Å². The summed E-state index contributed by atoms with van der Waals surface area (Å²) in [5.41, 5.74) is 2.24. The van der Waals surface area contributed by atoms with Gasteiger partial charge >= 0.3 is 5.97 Å². The van der Waals surface area contributed by atoms with E-state index in [0.29, 0.717) is 6.42 Å². The number of halogens is 1. The minimum Gasteiger partial charge on any atom is -0.772 e. The summed E-state index contributed by atoms with van der Waals surface area (Å²) in [4.78, 5) is 41.5. The summed E-state index contributed by atoms with van der Waals surface area (Å²) in [7, 11) is 0. The zero-order valence-corrected chi connectivity index (χ0v) is 19.6. The van der Waals surface area contributed by atoms with Crippen molar-refractivity contribution in [2.75, 3.05) is 0 Å². The average molecular weight is 525 g/mol. The second kappa shape index (κ2) is 8.94. The summed E-state index contributed by atoms with van der Waals surface area (Å²) in [5, 5.41) is 32.1. The number of nitrogens with one attached hydrogen (secondary N) is 1. The third-order valence-electron chi connectivity index (χ3n) is 6.01. The summed E-state index contributed by atoms with van der Waals surface area (Å²) < 4.78 is 23.8. The van der Waals surface area contributed by atoms with E-state index in [1.807, 2.05) is 0 Å². The lowest BCUT2D eigenvalue weighted by Gasteiger charge is -2.46. The Hall–Kier alpha value is -3.49. The monoisotopic (exact) mass is 524 g/mol. The fourth-order valence-corrected chi connectivity index (χ4v) is 4.99. The van der Waals surface area contributed by atoms with Gasteiger partial charge in [0.1, 0.15) is 11.7 Å². The number of carbonyl (C=O) groups is 3. The molecule has 35 heavy (non-hydrogen) atoms. The molecule has 0 bridgehead atoms. The quantitative estimate of drug-likeness (QED) is 0.115. The number of hydrogen-bond acceptors (Lipinski definition) is 9. The maximum Gasteiger partial charge on any atom is 0.328 e. The summed E-state index contributed by atoms with van der Waals surface area (Å²) in [6.07, 6.45) is 4.32. The van der Waals surface area contributed by atoms with Crippen molar-refractivity contribution in [3.05, 3.63) is 40.9 Å². The van der Waals surface area contributed by atoms with E-state index in [4.69, 9.17) is 11.6 Å². The molecular formula is C20H19ClN5O8S-. The Kier molecular flexibility index (Phi) is 6.29. The normalized spacial score (nSPS) is 22.1. The van der Waals surface area contributed by atoms with E-state index >= 15 is 0 Å². The number of aliphatic carboxylic acids is 1. The smallest absolute Gasteiger partial charge is 0.328 e. The van der Waals surface area contributed by atoms with Crippen molar-refractivity contribution in [1.82, 2.24) is 19.9 Å². The first kappa shape index (κ1) is 24.6. The highest BCUT2D eigenvalue weighted by atomic mass is 35.5. The van der Waals surface area contributed by atoms with Crippen molar-refractivity contribution in [3.8, 4) is 11.5 Å². The molecule has 3 unspecified atom stereocenters. The molecule has 2 aromatic rings. The lowest BCUT2D eigenvalue weighted by atomic mass is 9.95. The molecule has 0 spiro atoms. The van der Waals surface area contributed by atoms with Crippen LogP contribution in [0.3, 0.4) is 0 Å². The van der Waals surface area contributed by atoms with Crippen molar-refractivity contribution < 1.29 is 38.5 Å². The van der Waals surface area contributed by atoms with Crippen molar-refractivity contribution in [1.29, 1.82) is 0 Å². The van der Waals surface area contributed by atoms with Crippen LogP contribution in [0.25, 0.3) is 0 Å². The Morgan fingerprint density at radius 1 is 1.46 bits per heavy atom. The number of imidazole rings is 1. The van der Waals surface area contributed by atoms with Crippen LogP contribution in [0.5, 0.6) is 11.5 Å². The maximum atomic E-state index is 12.2. The molecule has 2 aliphatic rings. The Bertz CT molecular complexity index is 1280. The van der Waals surface area contributed by atoms with Crippen LogP contribution < -0.4 is 5.43 Å². The Morgan fingerprint density at radius 2 is 2.17 bits per heavy atom. The van der Waals surface area contributed by atoms with Gasteiger partial charge in [0.05, 0.1) is 33.8 Å². The van der Waals surface area contributed by atoms with E-state index in [9.17, 15) is 38.5 Å². The van der Waals surface area contributed by atoms with Crippen LogP contribution in [0.1, 0.15) is 29.4 Å². The van der Waals surface area contributed by atoms with Gasteiger partial charge in [0.15, 0.2) is 11.5 Å². The number of fused-ring (bicyclic) bond motifs is 1. The molecule has 0 radical (unpaired) electrons. The van der Waals surface area contributed by atoms with E-state index < -0.39 is 45.2 Å². The van der Waals surface area contributed by atoms with Crippen molar-refractivity contribution in [2.45, 2.75) is 36.7 Å². The van der Waals surface area contributed by atoms with E-state index in [2.05, 4.69) is 15.5 Å². The lowest BCUT2D eigenvalue weighted by Crippen LogP contribution is -2.65. The van der Waals surface area contributed by atoms with Gasteiger partial charge < -0.3 is 29.3 Å². The van der Waals surface area contributed by atoms with Crippen molar-refractivity contribution in [2.24, 2.45) is 11.0 Å². The first-order chi connectivity index (χ1) is 16.5. The Labute approximate surface area is 205 Å². The number of rotatable bonds is 9. The molecular weight excluding hydrogens is 506 g/mol. The molecule has 1 aromatic heterocycles. The summed E-state index contributed by atoms with van der Waals surface area (Å²) >= 11 is 2.97. The lowest BCUT2D eigenvalue weighted by molar-refractivity contribution is -0.159. The Balaban J connectivity index is 1.46. The third kappa shape index (κ3) is 4.35. The molecule has 4 rings (SSSR count). The predicted molar refractivity (Wildman–Crippen MR) is 120 cm³/mol. The molecule has 1 aliphatic carbocycles. The number of aromatic hydroxyl groups is 2. The molecule has 4 N–H and O–H groups in total. The minimum absolute atomic E-state index is 0.142. The number of nitrogens with zero attached hydrogens (tertiary/aromatic N) is 4. The van der Waals surface area contributed by atoms with E-state index in [1.165, 1.54) is 30.1 Å². The van der Waals surface area contributed by atoms with Crippen molar-refractivity contribution >= 4 is 46.7 Å². The summed E-state index contributed by atoms with van der Waals surface area (Å²) in [6, 6.07) is 0.457. The van der Waals surface area contributed by atoms with Gasteiger partial charge in [-0.05, 0) is 36.6 Å². The van der Waals surface area contributed by atoms with Gasteiger partial charge in [0.2, 0.25) is 5.91 Å². The van der Waals surface area contributed by atoms with Crippen LogP contribution in [0.15, 0.2) is 29.8 Å². The molecule has 1 saturated heterocycles. The van der Waals surface area contributed by atoms with E-state index in [0.717, 1.165) is 17.2 Å². The third-order valence-corrected chi connectivity index (χ3v) is 7.51. The highest BCUT2D eigenvalue weighted by Crippen LogP contribution is 2.50. The molecule has 1 aliphatic heterocycles. The van der Waals surface area contributed by atoms with Gasteiger partial charge in [-0.25, -0.2) is 15.2 Å². The first-order valence-electron chi connectivity index (χ1n) is 10.2. The van der Waals surface area contributed by atoms with Crippen LogP contribution in [-0.4, -0.2) is 79.4 Å². The molecule has 13 nitrogen and oxygen atoms in total. The van der Waals surface area contributed by atoms with Gasteiger partial charge in [-0.3, -0.25) is 13.8 Å². The van der Waals surface area contributed by atoms with Crippen LogP contribution in [0.2, 0.25) is 5.02 Å². The zero-order chi connectivity index (χ0) is 25.7. The summed E-state index contributed by atoms with van der Waals surface area (Å²) in [5.74, 6) is -3.93. The van der Waals surface area contributed by atoms with E-state index in [-0.39, 0.29) is 40.7 Å². The molecule has 1 aromatic carbocycles. The van der Waals surface area contributed by atoms with E-state index in [1.54, 1.807) is 0 Å². The highest BCUT2D eigenvalue weighted by Gasteiger charge is 2.66. The number of carboxylic acid groups (broad SMARTS) is 1. The number of aromatic nitrogens is 2. The largest absolute Gasteiger partial charge is 0.772 e. The second-order valence-corrected chi connectivity index (χ2v) is 10.2. The topological polar surface area (TPSA) is 197 Å². The fourth-order valence-electron chi connectivity index (χ4n) is 4.09. The van der Waals surface area contributed by atoms with Gasteiger partial charge in [0.25, 0.3) is 5.91 Å². The number of amides is 2. The number of likely N-dealkylation sites (tertiary alicyclic amines) is 1. The number of β-lactam (4-membered cyclic amide) rings is 1. The minimum atomic E-state index is -2.86. The number of phenols is 2. The van der Waals surface area contributed by atoms with Gasteiger partial charge in [-0.15, -0.1) is 0 Å². The molecule has 1 saturated carbocycles. The van der Waals surface area contributed by atoms with Crippen LogP contribution in [0, 0.1) is 5.92 Å². The molecule has 186 valence electrons. The SMILES string of the molecule is CC(Cn1cnc(/C=N/NC(=O)c2ccc(O)c(O)c2Cl)c1)([C@H](C(=O)O)N1C(=O)C2C[C@H]21)S(=O)[O-]. The van der Waals surface area contributed by atoms with Crippen LogP contribution in [0.4, 0.5) is 0 Å². The number of phenolic OH excluding ortho intramolecular Hbond substituents is 2. The molecule has 15 heteroatoms. The molecule has 2 heterocycles. The molecule has 2 fully saturated rings. The fraction of sp³-hybridized carbons (Fsp3) is 0.350. The average Bonchev–Trinajstić information content (AvgIpc) is 3.38. The second-order valence-electron chi connectivity index (χ2n) is 8.41. The predicted octanol–water partition coefficient (Wildman–Crippen LogP) is 0.0333. The van der Waals surface area contributed by atoms with Gasteiger partial charge in [-0.1, -0.05) is 11.6 Å². The molecule has 2 amide bonds. The number of benzene rings is 1. The number of carboxylic acids is 1. The highest BCUT2D eigenvalue weighted by molar-refractivity contribution is 7.80. The number of carbonyl (C=O) groups excluding carboxylic acids is 2. The standard InChI is InChI=1S/C20H20ClN5O8S/c1-20(35(33)34,16(19(31)32)26-12-4-11(12)18(26)30)7-25-6-9(22-8-25)5-23-24-17(29)10-2-3-13(27)15(28)14(10)21/h2-3,5-6,8,11-12,16,27-28H,4,7H2,1H3,(H,24,29)(H,31,32)(H,33,34)/p-1/b23-5+/t11?,12-,16+,20?/m1/s1. The number of hydrazone groups is 1. The Morgan fingerprint density at radius 3 is 2.77 bits per heavy atom. The van der Waals surface area contributed by atoms with Crippen LogP contribution in [-0.2, 0) is 27.2 Å². The zero-order valence-electron chi connectivity index (χ0n) is 18.0. The van der Waals surface area contributed by atoms with Crippen LogP contribution >= 0.6 is 11.6 Å². The molecule has 5 atom stereocenters. The van der Waals surface area contributed by atoms with Gasteiger partial charge in [0, 0.05) is 18.8 Å². The number of hydrogen-bond donors (Lipinski definition) is 4. The maximum absolute atomic E-state index is 12.2. The van der Waals surface area contributed by atoms with Crippen molar-refractivity contribution in [3.63, 3.8) is 0 Å². The first-order valence-corrected chi connectivity index (χ1v) is 11.6.